The van der Waals surface area contributed by atoms with E-state index in [0.717, 1.165) is 11.1 Å². The molecule has 3 aromatic rings. The van der Waals surface area contributed by atoms with Crippen molar-refractivity contribution >= 4 is 11.6 Å². The van der Waals surface area contributed by atoms with Gasteiger partial charge in [-0.3, -0.25) is 4.79 Å². The molecule has 0 aliphatic rings. The van der Waals surface area contributed by atoms with Gasteiger partial charge in [0.1, 0.15) is 11.6 Å². The molecule has 0 radical (unpaired) electrons. The summed E-state index contributed by atoms with van der Waals surface area (Å²) >= 11 is 0. The van der Waals surface area contributed by atoms with Crippen LogP contribution in [0.15, 0.2) is 72.8 Å². The Morgan fingerprint density at radius 1 is 1.00 bits per heavy atom. The fourth-order valence-corrected chi connectivity index (χ4v) is 2.84. The van der Waals surface area contributed by atoms with Crippen molar-refractivity contribution in [3.63, 3.8) is 0 Å². The van der Waals surface area contributed by atoms with E-state index >= 15 is 0 Å². The molecule has 1 atom stereocenters. The van der Waals surface area contributed by atoms with Crippen LogP contribution in [0.25, 0.3) is 11.1 Å². The summed E-state index contributed by atoms with van der Waals surface area (Å²) in [7, 11) is 0. The van der Waals surface area contributed by atoms with E-state index in [1.165, 1.54) is 18.2 Å². The molecule has 26 heavy (non-hydrogen) atoms. The average molecular weight is 349 g/mol. The van der Waals surface area contributed by atoms with Gasteiger partial charge in [-0.1, -0.05) is 49.4 Å². The van der Waals surface area contributed by atoms with Crippen molar-refractivity contribution in [3.8, 4) is 16.9 Å². The van der Waals surface area contributed by atoms with E-state index in [2.05, 4.69) is 5.32 Å². The third-order valence-electron chi connectivity index (χ3n) is 4.31. The number of amides is 1. The number of phenols is 1. The highest BCUT2D eigenvalue weighted by Gasteiger charge is 2.12. The first kappa shape index (κ1) is 17.7. The van der Waals surface area contributed by atoms with Crippen LogP contribution in [0.2, 0.25) is 0 Å². The van der Waals surface area contributed by atoms with Crippen LogP contribution in [0.5, 0.6) is 5.75 Å². The molecule has 0 saturated carbocycles. The number of carbonyl (C=O) groups is 1. The summed E-state index contributed by atoms with van der Waals surface area (Å²) in [6.07, 6.45) is 0.333. The SMILES string of the molecule is CC(CC(=O)Nc1ccc(O)cc1)c1ccc(-c2ccccc2F)cc1. The zero-order valence-corrected chi connectivity index (χ0v) is 14.4. The van der Waals surface area contributed by atoms with Crippen LogP contribution >= 0.6 is 0 Å². The fourth-order valence-electron chi connectivity index (χ4n) is 2.84. The van der Waals surface area contributed by atoms with E-state index < -0.39 is 0 Å². The first-order valence-corrected chi connectivity index (χ1v) is 8.46. The molecule has 0 heterocycles. The molecule has 1 amide bonds. The zero-order chi connectivity index (χ0) is 18.5. The van der Waals surface area contributed by atoms with Gasteiger partial charge in [-0.25, -0.2) is 4.39 Å². The van der Waals surface area contributed by atoms with Crippen molar-refractivity contribution in [3.05, 3.63) is 84.2 Å². The Bertz CT molecular complexity index is 889. The number of hydrogen-bond donors (Lipinski definition) is 2. The van der Waals surface area contributed by atoms with Crippen molar-refractivity contribution in [1.29, 1.82) is 0 Å². The summed E-state index contributed by atoms with van der Waals surface area (Å²) in [5.74, 6) is -0.156. The molecule has 2 N–H and O–H groups in total. The molecule has 132 valence electrons. The van der Waals surface area contributed by atoms with Gasteiger partial charge in [0.2, 0.25) is 5.91 Å². The Balaban J connectivity index is 1.64. The maximum Gasteiger partial charge on any atom is 0.224 e. The number of hydrogen-bond acceptors (Lipinski definition) is 2. The van der Waals surface area contributed by atoms with E-state index in [4.69, 9.17) is 0 Å². The number of anilines is 1. The van der Waals surface area contributed by atoms with Gasteiger partial charge in [0.15, 0.2) is 0 Å². The van der Waals surface area contributed by atoms with Gasteiger partial charge in [-0.05, 0) is 47.4 Å². The summed E-state index contributed by atoms with van der Waals surface area (Å²) < 4.78 is 13.9. The Labute approximate surface area is 152 Å². The smallest absolute Gasteiger partial charge is 0.224 e. The number of benzene rings is 3. The highest BCUT2D eigenvalue weighted by Crippen LogP contribution is 2.26. The normalized spacial score (nSPS) is 11.8. The van der Waals surface area contributed by atoms with Crippen LogP contribution in [-0.2, 0) is 4.79 Å². The van der Waals surface area contributed by atoms with Gasteiger partial charge < -0.3 is 10.4 Å². The molecular weight excluding hydrogens is 329 g/mol. The highest BCUT2D eigenvalue weighted by molar-refractivity contribution is 5.91. The van der Waals surface area contributed by atoms with Gasteiger partial charge in [-0.2, -0.15) is 0 Å². The number of carbonyl (C=O) groups excluding carboxylic acids is 1. The highest BCUT2D eigenvalue weighted by atomic mass is 19.1. The molecule has 3 rings (SSSR count). The lowest BCUT2D eigenvalue weighted by Crippen LogP contribution is -2.14. The molecular formula is C22H20FNO2. The number of nitrogens with one attached hydrogen (secondary N) is 1. The molecule has 0 spiro atoms. The topological polar surface area (TPSA) is 49.3 Å². The fraction of sp³-hybridized carbons (Fsp3) is 0.136. The van der Waals surface area contributed by atoms with Crippen molar-refractivity contribution in [2.75, 3.05) is 5.32 Å². The quantitative estimate of drug-likeness (QED) is 0.612. The summed E-state index contributed by atoms with van der Waals surface area (Å²) in [5.41, 5.74) is 3.05. The molecule has 0 fully saturated rings. The van der Waals surface area contributed by atoms with Gasteiger partial charge in [0.25, 0.3) is 0 Å². The Kier molecular flexibility index (Phi) is 5.32. The molecule has 0 aliphatic carbocycles. The molecule has 0 aliphatic heterocycles. The predicted octanol–water partition coefficient (Wildman–Crippen LogP) is 5.33. The van der Waals surface area contributed by atoms with Crippen LogP contribution in [0.1, 0.15) is 24.8 Å². The van der Waals surface area contributed by atoms with E-state index in [1.807, 2.05) is 37.3 Å². The average Bonchev–Trinajstić information content (AvgIpc) is 2.64. The van der Waals surface area contributed by atoms with Gasteiger partial charge >= 0.3 is 0 Å². The molecule has 4 heteroatoms. The van der Waals surface area contributed by atoms with E-state index in [-0.39, 0.29) is 23.4 Å². The Morgan fingerprint density at radius 3 is 2.31 bits per heavy atom. The summed E-state index contributed by atoms with van der Waals surface area (Å²) in [6.45, 7) is 1.98. The monoisotopic (exact) mass is 349 g/mol. The molecule has 3 aromatic carbocycles. The van der Waals surface area contributed by atoms with Crippen LogP contribution in [0.3, 0.4) is 0 Å². The Hall–Kier alpha value is -3.14. The van der Waals surface area contributed by atoms with Crippen LogP contribution < -0.4 is 5.32 Å². The number of rotatable bonds is 5. The summed E-state index contributed by atoms with van der Waals surface area (Å²) in [4.78, 5) is 12.2. The largest absolute Gasteiger partial charge is 0.508 e. The molecule has 1 unspecified atom stereocenters. The molecule has 0 aromatic heterocycles. The third-order valence-corrected chi connectivity index (χ3v) is 4.31. The number of halogens is 1. The molecule has 0 bridgehead atoms. The van der Waals surface area contributed by atoms with Crippen LogP contribution in [0.4, 0.5) is 10.1 Å². The van der Waals surface area contributed by atoms with Gasteiger partial charge in [0.05, 0.1) is 0 Å². The lowest BCUT2D eigenvalue weighted by atomic mass is 9.95. The first-order chi connectivity index (χ1) is 12.5. The molecule has 0 saturated heterocycles. The zero-order valence-electron chi connectivity index (χ0n) is 14.4. The maximum atomic E-state index is 13.9. The third kappa shape index (κ3) is 4.28. The van der Waals surface area contributed by atoms with Crippen LogP contribution in [-0.4, -0.2) is 11.0 Å². The first-order valence-electron chi connectivity index (χ1n) is 8.46. The van der Waals surface area contributed by atoms with Crippen LogP contribution in [0, 0.1) is 5.82 Å². The minimum absolute atomic E-state index is 0.0294. The van der Waals surface area contributed by atoms with Crippen molar-refractivity contribution < 1.29 is 14.3 Å². The summed E-state index contributed by atoms with van der Waals surface area (Å²) in [6, 6.07) is 20.6. The predicted molar refractivity (Wildman–Crippen MR) is 102 cm³/mol. The number of aromatic hydroxyl groups is 1. The van der Waals surface area contributed by atoms with Crippen molar-refractivity contribution in [2.45, 2.75) is 19.3 Å². The van der Waals surface area contributed by atoms with Gasteiger partial charge in [0, 0.05) is 17.7 Å². The second-order valence-electron chi connectivity index (χ2n) is 6.30. The lowest BCUT2D eigenvalue weighted by molar-refractivity contribution is -0.116. The van der Waals surface area contributed by atoms with Crippen molar-refractivity contribution in [1.82, 2.24) is 0 Å². The standard InChI is InChI=1S/C22H20FNO2/c1-15(14-22(26)24-18-10-12-19(25)13-11-18)16-6-8-17(9-7-16)20-4-2-3-5-21(20)23/h2-13,15,25H,14H2,1H3,(H,24,26). The second kappa shape index (κ2) is 7.83. The Morgan fingerprint density at radius 2 is 1.65 bits per heavy atom. The minimum Gasteiger partial charge on any atom is -0.508 e. The lowest BCUT2D eigenvalue weighted by Gasteiger charge is -2.13. The van der Waals surface area contributed by atoms with E-state index in [0.29, 0.717) is 17.7 Å². The minimum atomic E-state index is -0.249. The molecule has 3 nitrogen and oxygen atoms in total. The summed E-state index contributed by atoms with van der Waals surface area (Å²) in [5, 5.41) is 12.1. The van der Waals surface area contributed by atoms with Crippen molar-refractivity contribution in [2.24, 2.45) is 0 Å². The maximum absolute atomic E-state index is 13.9. The van der Waals surface area contributed by atoms with E-state index in [9.17, 15) is 14.3 Å². The second-order valence-corrected chi connectivity index (χ2v) is 6.30. The van der Waals surface area contributed by atoms with Gasteiger partial charge in [-0.15, -0.1) is 0 Å². The van der Waals surface area contributed by atoms with E-state index in [1.54, 1.807) is 24.3 Å². The number of phenolic OH excluding ortho intramolecular Hbond substituents is 1.